The van der Waals surface area contributed by atoms with E-state index in [0.717, 1.165) is 5.56 Å². The van der Waals surface area contributed by atoms with Crippen molar-refractivity contribution in [3.63, 3.8) is 0 Å². The Balaban J connectivity index is 1.85. The lowest BCUT2D eigenvalue weighted by atomic mass is 9.89. The standard InChI is InChI=1S/C16H16ClN3O3/c1-19-8-14(18-9-19)15(21)20-6-12(13(7-20)16(22)23)10-2-4-11(17)5-3-10/h2-5,8-9,12-13H,6-7H2,1H3,(H,22,23)/t12-,13+/m0/s1. The van der Waals surface area contributed by atoms with E-state index in [1.54, 1.807) is 41.2 Å². The molecule has 0 bridgehead atoms. The van der Waals surface area contributed by atoms with Gasteiger partial charge in [-0.05, 0) is 17.7 Å². The highest BCUT2D eigenvalue weighted by atomic mass is 35.5. The molecule has 120 valence electrons. The number of hydrogen-bond donors (Lipinski definition) is 1. The molecule has 6 nitrogen and oxygen atoms in total. The maximum atomic E-state index is 12.5. The Kier molecular flexibility index (Phi) is 4.09. The summed E-state index contributed by atoms with van der Waals surface area (Å²) in [5.74, 6) is -2.03. The van der Waals surface area contributed by atoms with Crippen LogP contribution in [0.3, 0.4) is 0 Å². The number of amides is 1. The fourth-order valence-electron chi connectivity index (χ4n) is 2.95. The average Bonchev–Trinajstić information content (AvgIpc) is 3.14. The van der Waals surface area contributed by atoms with Gasteiger partial charge in [0.15, 0.2) is 0 Å². The molecule has 3 rings (SSSR count). The van der Waals surface area contributed by atoms with Crippen molar-refractivity contribution in [1.29, 1.82) is 0 Å². The monoisotopic (exact) mass is 333 g/mol. The van der Waals surface area contributed by atoms with Crippen LogP contribution in [0.15, 0.2) is 36.8 Å². The van der Waals surface area contributed by atoms with E-state index in [9.17, 15) is 14.7 Å². The minimum Gasteiger partial charge on any atom is -0.481 e. The quantitative estimate of drug-likeness (QED) is 0.932. The van der Waals surface area contributed by atoms with Crippen LogP contribution in [0.4, 0.5) is 0 Å². The van der Waals surface area contributed by atoms with Gasteiger partial charge in [-0.15, -0.1) is 0 Å². The van der Waals surface area contributed by atoms with Gasteiger partial charge in [0, 0.05) is 37.3 Å². The van der Waals surface area contributed by atoms with E-state index in [2.05, 4.69) is 4.98 Å². The number of carboxylic acid groups (broad SMARTS) is 1. The third-order valence-electron chi connectivity index (χ3n) is 4.15. The summed E-state index contributed by atoms with van der Waals surface area (Å²) in [7, 11) is 1.78. The van der Waals surface area contributed by atoms with Crippen molar-refractivity contribution in [3.8, 4) is 0 Å². The second-order valence-corrected chi connectivity index (χ2v) is 6.17. The number of imidazole rings is 1. The average molecular weight is 334 g/mol. The van der Waals surface area contributed by atoms with Crippen LogP contribution >= 0.6 is 11.6 Å². The van der Waals surface area contributed by atoms with E-state index >= 15 is 0 Å². The molecule has 2 aromatic rings. The van der Waals surface area contributed by atoms with Crippen LogP contribution in [0.2, 0.25) is 5.02 Å². The highest BCUT2D eigenvalue weighted by Crippen LogP contribution is 2.34. The van der Waals surface area contributed by atoms with E-state index in [0.29, 0.717) is 17.3 Å². The lowest BCUT2D eigenvalue weighted by Crippen LogP contribution is -2.30. The van der Waals surface area contributed by atoms with Crippen molar-refractivity contribution in [2.45, 2.75) is 5.92 Å². The normalized spacial score (nSPS) is 20.7. The largest absolute Gasteiger partial charge is 0.481 e. The first-order chi connectivity index (χ1) is 11.0. The summed E-state index contributed by atoms with van der Waals surface area (Å²) in [5, 5.41) is 10.1. The van der Waals surface area contributed by atoms with E-state index in [1.807, 2.05) is 12.1 Å². The molecule has 1 amide bonds. The molecule has 0 saturated carbocycles. The zero-order valence-electron chi connectivity index (χ0n) is 12.5. The first-order valence-electron chi connectivity index (χ1n) is 7.21. The van der Waals surface area contributed by atoms with Gasteiger partial charge >= 0.3 is 5.97 Å². The number of rotatable bonds is 3. The Bertz CT molecular complexity index is 741. The molecule has 0 unspecified atom stereocenters. The molecule has 1 fully saturated rings. The lowest BCUT2D eigenvalue weighted by molar-refractivity contribution is -0.141. The van der Waals surface area contributed by atoms with Crippen molar-refractivity contribution >= 4 is 23.5 Å². The van der Waals surface area contributed by atoms with Crippen LogP contribution in [0.25, 0.3) is 0 Å². The summed E-state index contributed by atoms with van der Waals surface area (Å²) in [5.41, 5.74) is 1.20. The number of carbonyl (C=O) groups is 2. The van der Waals surface area contributed by atoms with Gasteiger partial charge in [-0.25, -0.2) is 4.98 Å². The zero-order chi connectivity index (χ0) is 16.6. The fourth-order valence-corrected chi connectivity index (χ4v) is 3.08. The second-order valence-electron chi connectivity index (χ2n) is 5.74. The van der Waals surface area contributed by atoms with Gasteiger partial charge in [0.2, 0.25) is 0 Å². The maximum absolute atomic E-state index is 12.5. The second kappa shape index (κ2) is 6.04. The van der Waals surface area contributed by atoms with Gasteiger partial charge in [0.05, 0.1) is 12.2 Å². The van der Waals surface area contributed by atoms with Crippen molar-refractivity contribution in [3.05, 3.63) is 53.1 Å². The van der Waals surface area contributed by atoms with E-state index in [1.165, 1.54) is 0 Å². The van der Waals surface area contributed by atoms with Crippen molar-refractivity contribution < 1.29 is 14.7 Å². The van der Waals surface area contributed by atoms with Gasteiger partial charge in [0.25, 0.3) is 5.91 Å². The zero-order valence-corrected chi connectivity index (χ0v) is 13.3. The van der Waals surface area contributed by atoms with Gasteiger partial charge in [-0.3, -0.25) is 9.59 Å². The van der Waals surface area contributed by atoms with Crippen LogP contribution in [0, 0.1) is 5.92 Å². The first kappa shape index (κ1) is 15.6. The summed E-state index contributed by atoms with van der Waals surface area (Å²) < 4.78 is 1.69. The molecule has 1 aliphatic heterocycles. The Morgan fingerprint density at radius 3 is 2.52 bits per heavy atom. The van der Waals surface area contributed by atoms with Gasteiger partial charge in [-0.2, -0.15) is 0 Å². The van der Waals surface area contributed by atoms with Gasteiger partial charge < -0.3 is 14.6 Å². The molecule has 1 aliphatic rings. The number of aliphatic carboxylic acids is 1. The van der Waals surface area contributed by atoms with E-state index < -0.39 is 11.9 Å². The molecule has 1 saturated heterocycles. The molecule has 0 radical (unpaired) electrons. The number of hydrogen-bond acceptors (Lipinski definition) is 3. The molecule has 1 aromatic carbocycles. The van der Waals surface area contributed by atoms with Crippen molar-refractivity contribution in [1.82, 2.24) is 14.5 Å². The summed E-state index contributed by atoms with van der Waals surface area (Å²) in [4.78, 5) is 29.7. The molecule has 2 heterocycles. The molecule has 23 heavy (non-hydrogen) atoms. The Labute approximate surface area is 138 Å². The lowest BCUT2D eigenvalue weighted by Gasteiger charge is -2.15. The molecule has 1 aromatic heterocycles. The minimum atomic E-state index is -0.902. The number of likely N-dealkylation sites (tertiary alicyclic amines) is 1. The topological polar surface area (TPSA) is 75.4 Å². The van der Waals surface area contributed by atoms with Gasteiger partial charge in [-0.1, -0.05) is 23.7 Å². The minimum absolute atomic E-state index is 0.179. The van der Waals surface area contributed by atoms with Crippen LogP contribution in [0.5, 0.6) is 0 Å². The fraction of sp³-hybridized carbons (Fsp3) is 0.312. The van der Waals surface area contributed by atoms with E-state index in [-0.39, 0.29) is 18.4 Å². The molecule has 7 heteroatoms. The summed E-state index contributed by atoms with van der Waals surface area (Å²) >= 11 is 5.89. The Hall–Kier alpha value is -2.34. The third-order valence-corrected chi connectivity index (χ3v) is 4.40. The smallest absolute Gasteiger partial charge is 0.308 e. The number of carboxylic acids is 1. The third kappa shape index (κ3) is 3.07. The maximum Gasteiger partial charge on any atom is 0.308 e. The predicted molar refractivity (Wildman–Crippen MR) is 84.4 cm³/mol. The molecule has 0 spiro atoms. The summed E-state index contributed by atoms with van der Waals surface area (Å²) in [6.45, 7) is 0.534. The number of halogens is 1. The number of carbonyl (C=O) groups excluding carboxylic acids is 1. The van der Waals surface area contributed by atoms with Crippen LogP contribution in [-0.2, 0) is 11.8 Å². The number of benzene rings is 1. The highest BCUT2D eigenvalue weighted by Gasteiger charge is 2.41. The number of aryl methyl sites for hydroxylation is 1. The van der Waals surface area contributed by atoms with Crippen LogP contribution in [0.1, 0.15) is 22.0 Å². The SMILES string of the molecule is Cn1cnc(C(=O)N2C[C@@H](C(=O)O)[C@H](c3ccc(Cl)cc3)C2)c1. The number of nitrogens with zero attached hydrogens (tertiary/aromatic N) is 3. The first-order valence-corrected chi connectivity index (χ1v) is 7.59. The molecule has 1 N–H and O–H groups in total. The molecular formula is C16H16ClN3O3. The Morgan fingerprint density at radius 1 is 1.26 bits per heavy atom. The predicted octanol–water partition coefficient (Wildman–Crippen LogP) is 2.01. The summed E-state index contributed by atoms with van der Waals surface area (Å²) in [6.07, 6.45) is 3.18. The number of aromatic nitrogens is 2. The van der Waals surface area contributed by atoms with Crippen molar-refractivity contribution in [2.24, 2.45) is 13.0 Å². The summed E-state index contributed by atoms with van der Waals surface area (Å²) in [6, 6.07) is 7.10. The Morgan fingerprint density at radius 2 is 1.96 bits per heavy atom. The van der Waals surface area contributed by atoms with Crippen molar-refractivity contribution in [2.75, 3.05) is 13.1 Å². The van der Waals surface area contributed by atoms with Gasteiger partial charge in [0.1, 0.15) is 5.69 Å². The van der Waals surface area contributed by atoms with E-state index in [4.69, 9.17) is 11.6 Å². The molecule has 2 atom stereocenters. The molecule has 0 aliphatic carbocycles. The van der Waals surface area contributed by atoms with Crippen LogP contribution < -0.4 is 0 Å². The van der Waals surface area contributed by atoms with Crippen LogP contribution in [-0.4, -0.2) is 44.5 Å². The highest BCUT2D eigenvalue weighted by molar-refractivity contribution is 6.30. The molecular weight excluding hydrogens is 318 g/mol.